The first-order valence-corrected chi connectivity index (χ1v) is 7.44. The number of rotatable bonds is 5. The topological polar surface area (TPSA) is 43.4 Å². The molecule has 0 unspecified atom stereocenters. The van der Waals surface area contributed by atoms with Crippen LogP contribution in [0, 0.1) is 18.3 Å². The van der Waals surface area contributed by atoms with Gasteiger partial charge in [0.1, 0.15) is 17.0 Å². The SMILES string of the molecule is C=CCOC[C@H]1[C@H](c2ccc(C)cc2)C12C(=O)CCC2=O. The summed E-state index contributed by atoms with van der Waals surface area (Å²) in [6.45, 7) is 6.56. The molecule has 3 rings (SSSR count). The van der Waals surface area contributed by atoms with Gasteiger partial charge >= 0.3 is 0 Å². The summed E-state index contributed by atoms with van der Waals surface area (Å²) in [5, 5.41) is 0. The minimum atomic E-state index is -0.795. The molecule has 3 heteroatoms. The van der Waals surface area contributed by atoms with Crippen molar-refractivity contribution in [1.82, 2.24) is 0 Å². The summed E-state index contributed by atoms with van der Waals surface area (Å²) in [6, 6.07) is 8.14. The Morgan fingerprint density at radius 1 is 1.24 bits per heavy atom. The Balaban J connectivity index is 1.89. The molecule has 21 heavy (non-hydrogen) atoms. The minimum absolute atomic E-state index is 0.00887. The van der Waals surface area contributed by atoms with E-state index < -0.39 is 5.41 Å². The van der Waals surface area contributed by atoms with Crippen molar-refractivity contribution in [2.45, 2.75) is 25.7 Å². The zero-order valence-corrected chi connectivity index (χ0v) is 12.3. The molecule has 0 bridgehead atoms. The van der Waals surface area contributed by atoms with Crippen LogP contribution in [0.4, 0.5) is 0 Å². The van der Waals surface area contributed by atoms with Crippen LogP contribution in [0.2, 0.25) is 0 Å². The van der Waals surface area contributed by atoms with Gasteiger partial charge in [-0.1, -0.05) is 35.9 Å². The molecule has 1 aromatic rings. The highest BCUT2D eigenvalue weighted by Crippen LogP contribution is 2.68. The maximum absolute atomic E-state index is 12.4. The lowest BCUT2D eigenvalue weighted by atomic mass is 9.94. The first-order valence-electron chi connectivity index (χ1n) is 7.44. The van der Waals surface area contributed by atoms with Gasteiger partial charge in [0.15, 0.2) is 0 Å². The summed E-state index contributed by atoms with van der Waals surface area (Å²) in [6.07, 6.45) is 2.46. The smallest absolute Gasteiger partial charge is 0.147 e. The molecule has 0 aliphatic heterocycles. The Kier molecular flexibility index (Phi) is 3.54. The van der Waals surface area contributed by atoms with Gasteiger partial charge in [0, 0.05) is 24.7 Å². The number of Topliss-reactive ketones (excluding diaryl/α,β-unsaturated/α-hetero) is 2. The Morgan fingerprint density at radius 2 is 1.86 bits per heavy atom. The van der Waals surface area contributed by atoms with Crippen LogP contribution >= 0.6 is 0 Å². The molecular weight excluding hydrogens is 264 g/mol. The highest BCUT2D eigenvalue weighted by Gasteiger charge is 2.74. The second kappa shape index (κ2) is 5.23. The predicted molar refractivity (Wildman–Crippen MR) is 80.1 cm³/mol. The van der Waals surface area contributed by atoms with E-state index in [4.69, 9.17) is 4.74 Å². The van der Waals surface area contributed by atoms with Crippen molar-refractivity contribution < 1.29 is 14.3 Å². The third kappa shape index (κ3) is 2.07. The average Bonchev–Trinajstić information content (AvgIpc) is 3.06. The van der Waals surface area contributed by atoms with Gasteiger partial charge in [0.2, 0.25) is 0 Å². The summed E-state index contributed by atoms with van der Waals surface area (Å²) in [7, 11) is 0. The zero-order valence-electron chi connectivity index (χ0n) is 12.3. The quantitative estimate of drug-likeness (QED) is 0.474. The molecular formula is C18H20O3. The maximum Gasteiger partial charge on any atom is 0.147 e. The van der Waals surface area contributed by atoms with Crippen molar-refractivity contribution in [1.29, 1.82) is 0 Å². The predicted octanol–water partition coefficient (Wildman–Crippen LogP) is 2.83. The molecule has 0 heterocycles. The van der Waals surface area contributed by atoms with Crippen molar-refractivity contribution in [3.05, 3.63) is 48.0 Å². The summed E-state index contributed by atoms with van der Waals surface area (Å²) in [4.78, 5) is 24.7. The highest BCUT2D eigenvalue weighted by atomic mass is 16.5. The van der Waals surface area contributed by atoms with E-state index in [1.54, 1.807) is 6.08 Å². The molecule has 2 saturated carbocycles. The van der Waals surface area contributed by atoms with Gasteiger partial charge in [-0.25, -0.2) is 0 Å². The Morgan fingerprint density at radius 3 is 2.43 bits per heavy atom. The second-order valence-electron chi connectivity index (χ2n) is 6.04. The van der Waals surface area contributed by atoms with E-state index in [0.29, 0.717) is 26.1 Å². The summed E-state index contributed by atoms with van der Waals surface area (Å²) < 4.78 is 5.54. The van der Waals surface area contributed by atoms with E-state index in [0.717, 1.165) is 5.56 Å². The Labute approximate surface area is 125 Å². The molecule has 110 valence electrons. The average molecular weight is 284 g/mol. The van der Waals surface area contributed by atoms with E-state index in [-0.39, 0.29) is 23.4 Å². The molecule has 2 fully saturated rings. The fourth-order valence-corrected chi connectivity index (χ4v) is 3.79. The fourth-order valence-electron chi connectivity index (χ4n) is 3.79. The van der Waals surface area contributed by atoms with Crippen molar-refractivity contribution >= 4 is 11.6 Å². The lowest BCUT2D eigenvalue weighted by Gasteiger charge is -2.06. The van der Waals surface area contributed by atoms with E-state index in [1.807, 2.05) is 31.2 Å². The Bertz CT molecular complexity index is 569. The summed E-state index contributed by atoms with van der Waals surface area (Å²) in [5.41, 5.74) is 1.46. The lowest BCUT2D eigenvalue weighted by Crippen LogP contribution is -2.21. The van der Waals surface area contributed by atoms with Crippen molar-refractivity contribution in [2.75, 3.05) is 13.2 Å². The molecule has 0 amide bonds. The number of aryl methyl sites for hydroxylation is 1. The maximum atomic E-state index is 12.4. The second-order valence-corrected chi connectivity index (χ2v) is 6.04. The number of ether oxygens (including phenoxy) is 1. The first kappa shape index (κ1) is 14.2. The lowest BCUT2D eigenvalue weighted by molar-refractivity contribution is -0.130. The molecule has 1 spiro atoms. The number of benzene rings is 1. The zero-order chi connectivity index (χ0) is 15.0. The number of ketones is 2. The van der Waals surface area contributed by atoms with Crippen LogP contribution in [-0.2, 0) is 14.3 Å². The van der Waals surface area contributed by atoms with Crippen LogP contribution in [0.3, 0.4) is 0 Å². The fraction of sp³-hybridized carbons (Fsp3) is 0.444. The van der Waals surface area contributed by atoms with Crippen LogP contribution in [0.25, 0.3) is 0 Å². The highest BCUT2D eigenvalue weighted by molar-refractivity contribution is 6.17. The van der Waals surface area contributed by atoms with Gasteiger partial charge in [0.05, 0.1) is 13.2 Å². The van der Waals surface area contributed by atoms with Crippen LogP contribution in [-0.4, -0.2) is 24.8 Å². The van der Waals surface area contributed by atoms with E-state index in [1.165, 1.54) is 5.56 Å². The molecule has 3 nitrogen and oxygen atoms in total. The molecule has 2 atom stereocenters. The van der Waals surface area contributed by atoms with Gasteiger partial charge in [-0.15, -0.1) is 6.58 Å². The normalized spacial score (nSPS) is 26.3. The van der Waals surface area contributed by atoms with Crippen LogP contribution in [0.5, 0.6) is 0 Å². The van der Waals surface area contributed by atoms with Crippen LogP contribution in [0.1, 0.15) is 29.9 Å². The standard InChI is InChI=1S/C18H20O3/c1-3-10-21-11-14-17(13-6-4-12(2)5-7-13)18(14)15(19)8-9-16(18)20/h3-7,14,17H,1,8-11H2,2H3/t14-,17-/m0/s1. The van der Waals surface area contributed by atoms with Gasteiger partial charge in [-0.05, 0) is 12.5 Å². The van der Waals surface area contributed by atoms with Crippen LogP contribution in [0.15, 0.2) is 36.9 Å². The van der Waals surface area contributed by atoms with E-state index in [2.05, 4.69) is 6.58 Å². The van der Waals surface area contributed by atoms with Crippen LogP contribution < -0.4 is 0 Å². The number of hydrogen-bond donors (Lipinski definition) is 0. The Hall–Kier alpha value is -1.74. The summed E-state index contributed by atoms with van der Waals surface area (Å²) >= 11 is 0. The van der Waals surface area contributed by atoms with Crippen molar-refractivity contribution in [3.8, 4) is 0 Å². The number of hydrogen-bond acceptors (Lipinski definition) is 3. The molecule has 0 radical (unpaired) electrons. The number of carbonyl (C=O) groups excluding carboxylic acids is 2. The van der Waals surface area contributed by atoms with Gasteiger partial charge in [0.25, 0.3) is 0 Å². The number of carbonyl (C=O) groups is 2. The largest absolute Gasteiger partial charge is 0.377 e. The first-order chi connectivity index (χ1) is 10.1. The summed E-state index contributed by atoms with van der Waals surface area (Å²) in [5.74, 6) is 0.184. The minimum Gasteiger partial charge on any atom is -0.377 e. The van der Waals surface area contributed by atoms with Crippen molar-refractivity contribution in [3.63, 3.8) is 0 Å². The molecule has 2 aliphatic carbocycles. The van der Waals surface area contributed by atoms with Crippen molar-refractivity contribution in [2.24, 2.45) is 11.3 Å². The molecule has 1 aromatic carbocycles. The third-order valence-electron chi connectivity index (χ3n) is 4.84. The monoisotopic (exact) mass is 284 g/mol. The molecule has 0 N–H and O–H groups in total. The third-order valence-corrected chi connectivity index (χ3v) is 4.84. The van der Waals surface area contributed by atoms with Gasteiger partial charge < -0.3 is 4.74 Å². The molecule has 0 saturated heterocycles. The van der Waals surface area contributed by atoms with Gasteiger partial charge in [-0.3, -0.25) is 9.59 Å². The van der Waals surface area contributed by atoms with E-state index in [9.17, 15) is 9.59 Å². The molecule has 0 aromatic heterocycles. The molecule has 2 aliphatic rings. The van der Waals surface area contributed by atoms with Gasteiger partial charge in [-0.2, -0.15) is 0 Å². The van der Waals surface area contributed by atoms with E-state index >= 15 is 0 Å².